The van der Waals surface area contributed by atoms with Crippen LogP contribution in [-0.2, 0) is 25.0 Å². The number of nitrogens with zero attached hydrogens (tertiary/aromatic N) is 3. The molecule has 2 aliphatic rings. The van der Waals surface area contributed by atoms with E-state index in [4.69, 9.17) is 11.6 Å². The minimum absolute atomic E-state index is 0.133. The number of carbonyl (C=O) groups excluding carboxylic acids is 1. The summed E-state index contributed by atoms with van der Waals surface area (Å²) in [6.07, 6.45) is 2.03. The van der Waals surface area contributed by atoms with Crippen LogP contribution in [0.1, 0.15) is 18.5 Å². The summed E-state index contributed by atoms with van der Waals surface area (Å²) in [5, 5.41) is 9.63. The number of rotatable bonds is 4. The Morgan fingerprint density at radius 3 is 2.45 bits per heavy atom. The predicted octanol–water partition coefficient (Wildman–Crippen LogP) is 1.89. The Morgan fingerprint density at radius 1 is 1.17 bits per heavy atom. The number of aliphatic carboxylic acids is 1. The Bertz CT molecular complexity index is 1080. The minimum Gasteiger partial charge on any atom is -0.480 e. The first kappa shape index (κ1) is 19.8. The molecule has 0 radical (unpaired) electrons. The summed E-state index contributed by atoms with van der Waals surface area (Å²) in [6, 6.07) is 9.27. The number of fused-ring (bicyclic) bond motifs is 2. The number of piperidine rings is 1. The van der Waals surface area contributed by atoms with E-state index in [1.807, 2.05) is 0 Å². The molecule has 0 bridgehead atoms. The molecule has 0 aliphatic carbocycles. The van der Waals surface area contributed by atoms with E-state index in [0.717, 1.165) is 0 Å². The molecule has 4 rings (SSSR count). The summed E-state index contributed by atoms with van der Waals surface area (Å²) in [5.41, 5.74) is 0.00150. The zero-order chi connectivity index (χ0) is 20.8. The number of carboxylic acids is 1. The van der Waals surface area contributed by atoms with Gasteiger partial charge in [-0.1, -0.05) is 11.6 Å². The Hall–Kier alpha value is -2.49. The second-order valence-electron chi connectivity index (χ2n) is 7.10. The van der Waals surface area contributed by atoms with Gasteiger partial charge in [0.05, 0.1) is 21.7 Å². The van der Waals surface area contributed by atoms with Gasteiger partial charge >= 0.3 is 5.97 Å². The number of carbonyl (C=O) groups is 2. The number of amides is 1. The largest absolute Gasteiger partial charge is 0.480 e. The van der Waals surface area contributed by atoms with Crippen molar-refractivity contribution in [2.24, 2.45) is 0 Å². The molecule has 1 N–H and O–H groups in total. The third-order valence-electron chi connectivity index (χ3n) is 5.51. The Balaban J connectivity index is 1.62. The number of pyridine rings is 1. The second-order valence-corrected chi connectivity index (χ2v) is 9.47. The average Bonchev–Trinajstić information content (AvgIpc) is 2.91. The highest BCUT2D eigenvalue weighted by atomic mass is 35.5. The van der Waals surface area contributed by atoms with E-state index >= 15 is 0 Å². The van der Waals surface area contributed by atoms with Gasteiger partial charge in [0, 0.05) is 24.3 Å². The van der Waals surface area contributed by atoms with Gasteiger partial charge in [0.2, 0.25) is 15.9 Å². The SMILES string of the molecule is O=C(O)CN1C(=O)C2(CCN(S(=O)(=O)c3ccc(Cl)cc3)CC2)c2ncccc21. The normalized spacial score (nSPS) is 18.8. The second kappa shape index (κ2) is 7.08. The maximum Gasteiger partial charge on any atom is 0.323 e. The van der Waals surface area contributed by atoms with E-state index in [1.54, 1.807) is 18.3 Å². The van der Waals surface area contributed by atoms with Crippen molar-refractivity contribution >= 4 is 39.2 Å². The van der Waals surface area contributed by atoms with Gasteiger partial charge in [0.25, 0.3) is 0 Å². The van der Waals surface area contributed by atoms with Crippen LogP contribution in [0, 0.1) is 0 Å². The van der Waals surface area contributed by atoms with Crippen LogP contribution in [0.15, 0.2) is 47.5 Å². The third-order valence-corrected chi connectivity index (χ3v) is 7.67. The molecule has 8 nitrogen and oxygen atoms in total. The number of halogens is 1. The van der Waals surface area contributed by atoms with Crippen molar-refractivity contribution in [3.8, 4) is 0 Å². The molecule has 0 atom stereocenters. The van der Waals surface area contributed by atoms with Crippen LogP contribution in [-0.4, -0.2) is 54.3 Å². The van der Waals surface area contributed by atoms with E-state index in [-0.39, 0.29) is 36.7 Å². The number of hydrogen-bond donors (Lipinski definition) is 1. The number of aromatic nitrogens is 1. The fraction of sp³-hybridized carbons (Fsp3) is 0.316. The molecular weight excluding hydrogens is 418 g/mol. The van der Waals surface area contributed by atoms with Crippen molar-refractivity contribution < 1.29 is 23.1 Å². The molecular formula is C19H18ClN3O5S. The highest BCUT2D eigenvalue weighted by molar-refractivity contribution is 7.89. The maximum atomic E-state index is 13.2. The maximum absolute atomic E-state index is 13.2. The molecule has 1 amide bonds. The standard InChI is InChI=1S/C19H18ClN3O5S/c20-13-3-5-14(6-4-13)29(27,28)22-10-7-19(8-11-22)17-15(2-1-9-21-17)23(18(19)26)12-16(24)25/h1-6,9H,7-8,10-12H2,(H,24,25). The van der Waals surface area contributed by atoms with Crippen molar-refractivity contribution in [3.63, 3.8) is 0 Å². The van der Waals surface area contributed by atoms with Crippen LogP contribution >= 0.6 is 11.6 Å². The molecule has 1 saturated heterocycles. The molecule has 0 unspecified atom stereocenters. The number of benzene rings is 1. The van der Waals surface area contributed by atoms with Crippen molar-refractivity contribution in [2.45, 2.75) is 23.2 Å². The quantitative estimate of drug-likeness (QED) is 0.785. The molecule has 1 fully saturated rings. The van der Waals surface area contributed by atoms with Gasteiger partial charge in [-0.3, -0.25) is 19.5 Å². The third kappa shape index (κ3) is 3.19. The van der Waals surface area contributed by atoms with Crippen LogP contribution in [0.5, 0.6) is 0 Å². The van der Waals surface area contributed by atoms with Crippen LogP contribution in [0.3, 0.4) is 0 Å². The molecule has 3 heterocycles. The van der Waals surface area contributed by atoms with Crippen LogP contribution < -0.4 is 4.90 Å². The van der Waals surface area contributed by atoms with Gasteiger partial charge in [-0.05, 0) is 49.2 Å². The fourth-order valence-corrected chi connectivity index (χ4v) is 5.63. The zero-order valence-electron chi connectivity index (χ0n) is 15.3. The summed E-state index contributed by atoms with van der Waals surface area (Å²) in [5.74, 6) is -1.45. The van der Waals surface area contributed by atoms with Gasteiger partial charge in [0.15, 0.2) is 0 Å². The molecule has 2 aliphatic heterocycles. The Labute approximate surface area is 172 Å². The van der Waals surface area contributed by atoms with Gasteiger partial charge in [-0.2, -0.15) is 4.31 Å². The lowest BCUT2D eigenvalue weighted by molar-refractivity contribution is -0.137. The summed E-state index contributed by atoms with van der Waals surface area (Å²) in [7, 11) is -3.72. The van der Waals surface area contributed by atoms with Gasteiger partial charge in [0.1, 0.15) is 6.54 Å². The van der Waals surface area contributed by atoms with Crippen molar-refractivity contribution in [2.75, 3.05) is 24.5 Å². The molecule has 1 aromatic carbocycles. The van der Waals surface area contributed by atoms with E-state index < -0.39 is 28.0 Å². The molecule has 152 valence electrons. The molecule has 2 aromatic rings. The lowest BCUT2D eigenvalue weighted by Gasteiger charge is -2.37. The first-order valence-corrected chi connectivity index (χ1v) is 10.8. The summed E-state index contributed by atoms with van der Waals surface area (Å²) >= 11 is 5.84. The first-order chi connectivity index (χ1) is 13.8. The van der Waals surface area contributed by atoms with Gasteiger partial charge in [-0.25, -0.2) is 8.42 Å². The number of carboxylic acid groups (broad SMARTS) is 1. The topological polar surface area (TPSA) is 108 Å². The van der Waals surface area contributed by atoms with Gasteiger partial charge < -0.3 is 5.11 Å². The summed E-state index contributed by atoms with van der Waals surface area (Å²) < 4.78 is 27.2. The van der Waals surface area contributed by atoms with Crippen molar-refractivity contribution in [1.82, 2.24) is 9.29 Å². The first-order valence-electron chi connectivity index (χ1n) is 9.01. The van der Waals surface area contributed by atoms with Gasteiger partial charge in [-0.15, -0.1) is 0 Å². The molecule has 1 spiro atoms. The minimum atomic E-state index is -3.72. The highest BCUT2D eigenvalue weighted by Crippen LogP contribution is 2.47. The van der Waals surface area contributed by atoms with Crippen LogP contribution in [0.2, 0.25) is 5.02 Å². The average molecular weight is 436 g/mol. The van der Waals surface area contributed by atoms with Crippen molar-refractivity contribution in [1.29, 1.82) is 0 Å². The van der Waals surface area contributed by atoms with E-state index in [0.29, 0.717) is 16.4 Å². The molecule has 0 saturated carbocycles. The molecule has 29 heavy (non-hydrogen) atoms. The van der Waals surface area contributed by atoms with E-state index in [1.165, 1.54) is 33.5 Å². The number of anilines is 1. The monoisotopic (exact) mass is 435 g/mol. The lowest BCUT2D eigenvalue weighted by atomic mass is 9.76. The molecule has 10 heteroatoms. The predicted molar refractivity (Wildman–Crippen MR) is 105 cm³/mol. The summed E-state index contributed by atoms with van der Waals surface area (Å²) in [4.78, 5) is 30.1. The van der Waals surface area contributed by atoms with E-state index in [2.05, 4.69) is 4.98 Å². The van der Waals surface area contributed by atoms with E-state index in [9.17, 15) is 23.1 Å². The van der Waals surface area contributed by atoms with Crippen LogP contribution in [0.4, 0.5) is 5.69 Å². The fourth-order valence-electron chi connectivity index (χ4n) is 4.06. The summed E-state index contributed by atoms with van der Waals surface area (Å²) in [6.45, 7) is -0.187. The number of sulfonamides is 1. The van der Waals surface area contributed by atoms with Crippen molar-refractivity contribution in [3.05, 3.63) is 53.3 Å². The van der Waals surface area contributed by atoms with Crippen LogP contribution in [0.25, 0.3) is 0 Å². The zero-order valence-corrected chi connectivity index (χ0v) is 16.9. The Morgan fingerprint density at radius 2 is 1.83 bits per heavy atom. The molecule has 1 aromatic heterocycles. The highest BCUT2D eigenvalue weighted by Gasteiger charge is 2.54. The Kier molecular flexibility index (Phi) is 4.84. The lowest BCUT2D eigenvalue weighted by Crippen LogP contribution is -2.50. The smallest absolute Gasteiger partial charge is 0.323 e. The number of hydrogen-bond acceptors (Lipinski definition) is 5.